The first-order valence-corrected chi connectivity index (χ1v) is 6.00. The Morgan fingerprint density at radius 3 is 2.67 bits per heavy atom. The van der Waals surface area contributed by atoms with Crippen molar-refractivity contribution in [3.8, 4) is 0 Å². The van der Waals surface area contributed by atoms with Gasteiger partial charge in [-0.15, -0.1) is 0 Å². The van der Waals surface area contributed by atoms with Crippen LogP contribution in [-0.2, 0) is 0 Å². The van der Waals surface area contributed by atoms with E-state index in [-0.39, 0.29) is 0 Å². The summed E-state index contributed by atoms with van der Waals surface area (Å²) in [6.07, 6.45) is 0. The predicted molar refractivity (Wildman–Crippen MR) is 67.6 cm³/mol. The maximum Gasteiger partial charge on any atom is 0.164 e. The van der Waals surface area contributed by atoms with Crippen LogP contribution in [0.15, 0.2) is 30.3 Å². The molecule has 1 aromatic carbocycles. The Hall–Kier alpha value is -0.780. The van der Waals surface area contributed by atoms with E-state index in [1.54, 1.807) is 11.9 Å². The molecule has 0 bridgehead atoms. The van der Waals surface area contributed by atoms with Crippen molar-refractivity contribution >= 4 is 34.0 Å². The summed E-state index contributed by atoms with van der Waals surface area (Å²) in [6, 6.07) is 9.68. The van der Waals surface area contributed by atoms with Crippen molar-refractivity contribution in [1.82, 2.24) is 5.01 Å². The van der Waals surface area contributed by atoms with E-state index in [1.165, 1.54) is 11.8 Å². The minimum absolute atomic E-state index is 0.589. The molecule has 0 aliphatic carbocycles. The highest BCUT2D eigenvalue weighted by atomic mass is 32.2. The van der Waals surface area contributed by atoms with Gasteiger partial charge in [-0.25, -0.2) is 5.01 Å². The van der Waals surface area contributed by atoms with Gasteiger partial charge in [0.15, 0.2) is 10.0 Å². The van der Waals surface area contributed by atoms with E-state index in [1.807, 2.05) is 30.3 Å². The maximum atomic E-state index is 10.0. The lowest BCUT2D eigenvalue weighted by atomic mass is 10.3. The smallest absolute Gasteiger partial charge is 0.164 e. The highest BCUT2D eigenvalue weighted by molar-refractivity contribution is 8.23. The zero-order valence-corrected chi connectivity index (χ0v) is 9.94. The van der Waals surface area contributed by atoms with Crippen molar-refractivity contribution in [2.75, 3.05) is 11.2 Å². The molecule has 0 amide bonds. The second kappa shape index (κ2) is 4.00. The Morgan fingerprint density at radius 1 is 1.47 bits per heavy atom. The Kier molecular flexibility index (Phi) is 2.86. The first-order chi connectivity index (χ1) is 7.09. The number of benzene rings is 1. The van der Waals surface area contributed by atoms with E-state index in [9.17, 15) is 5.11 Å². The van der Waals surface area contributed by atoms with Crippen LogP contribution in [0.5, 0.6) is 0 Å². The SMILES string of the molecule is CC1(O)CSC(=S)N1Nc1ccccc1. The van der Waals surface area contributed by atoms with Crippen molar-refractivity contribution in [3.63, 3.8) is 0 Å². The van der Waals surface area contributed by atoms with Gasteiger partial charge in [-0.2, -0.15) is 0 Å². The van der Waals surface area contributed by atoms with Crippen LogP contribution in [0.3, 0.4) is 0 Å². The summed E-state index contributed by atoms with van der Waals surface area (Å²) < 4.78 is 0.670. The molecule has 2 N–H and O–H groups in total. The largest absolute Gasteiger partial charge is 0.369 e. The minimum atomic E-state index is -0.919. The summed E-state index contributed by atoms with van der Waals surface area (Å²) in [5.74, 6) is 0.589. The van der Waals surface area contributed by atoms with Gasteiger partial charge in [-0.05, 0) is 19.1 Å². The lowest BCUT2D eigenvalue weighted by Gasteiger charge is -2.31. The zero-order valence-electron chi connectivity index (χ0n) is 8.30. The summed E-state index contributed by atoms with van der Waals surface area (Å²) in [6.45, 7) is 1.75. The molecular weight excluding hydrogens is 228 g/mol. The number of aliphatic hydroxyl groups is 1. The molecular formula is C10H12N2OS2. The van der Waals surface area contributed by atoms with Gasteiger partial charge in [-0.1, -0.05) is 42.2 Å². The van der Waals surface area contributed by atoms with E-state index in [2.05, 4.69) is 5.43 Å². The van der Waals surface area contributed by atoms with E-state index in [0.29, 0.717) is 10.1 Å². The number of hydrogen-bond donors (Lipinski definition) is 2. The number of hydrazine groups is 1. The predicted octanol–water partition coefficient (Wildman–Crippen LogP) is 2.06. The minimum Gasteiger partial charge on any atom is -0.369 e. The summed E-state index contributed by atoms with van der Waals surface area (Å²) in [5.41, 5.74) is 3.10. The number of rotatable bonds is 2. The molecule has 2 rings (SSSR count). The van der Waals surface area contributed by atoms with Gasteiger partial charge in [0.1, 0.15) is 0 Å². The average molecular weight is 240 g/mol. The molecule has 0 saturated carbocycles. The molecule has 5 heteroatoms. The number of para-hydroxylation sites is 1. The molecule has 1 aliphatic heterocycles. The quantitative estimate of drug-likeness (QED) is 0.774. The van der Waals surface area contributed by atoms with Gasteiger partial charge in [-0.3, -0.25) is 5.43 Å². The molecule has 0 radical (unpaired) electrons. The fraction of sp³-hybridized carbons (Fsp3) is 0.300. The Bertz CT molecular complexity index is 367. The van der Waals surface area contributed by atoms with Crippen LogP contribution in [0.2, 0.25) is 0 Å². The first-order valence-electron chi connectivity index (χ1n) is 4.61. The van der Waals surface area contributed by atoms with Crippen LogP contribution in [-0.4, -0.2) is 25.9 Å². The van der Waals surface area contributed by atoms with E-state index in [4.69, 9.17) is 12.2 Å². The Labute approximate surface area is 98.4 Å². The van der Waals surface area contributed by atoms with Crippen molar-refractivity contribution in [2.45, 2.75) is 12.6 Å². The van der Waals surface area contributed by atoms with E-state index in [0.717, 1.165) is 5.69 Å². The number of anilines is 1. The van der Waals surface area contributed by atoms with Crippen LogP contribution in [0.25, 0.3) is 0 Å². The highest BCUT2D eigenvalue weighted by Gasteiger charge is 2.38. The standard InChI is InChI=1S/C10H12N2OS2/c1-10(13)7-15-9(14)12(10)11-8-5-3-2-4-6-8/h2-6,11,13H,7H2,1H3. The van der Waals surface area contributed by atoms with E-state index >= 15 is 0 Å². The molecule has 1 aromatic rings. The molecule has 0 spiro atoms. The third-order valence-corrected chi connectivity index (χ3v) is 3.80. The summed E-state index contributed by atoms with van der Waals surface area (Å²) >= 11 is 6.63. The van der Waals surface area contributed by atoms with Gasteiger partial charge < -0.3 is 5.11 Å². The molecule has 1 aliphatic rings. The van der Waals surface area contributed by atoms with Crippen LogP contribution in [0.4, 0.5) is 5.69 Å². The molecule has 15 heavy (non-hydrogen) atoms. The monoisotopic (exact) mass is 240 g/mol. The third kappa shape index (κ3) is 2.25. The van der Waals surface area contributed by atoms with E-state index < -0.39 is 5.72 Å². The van der Waals surface area contributed by atoms with Gasteiger partial charge in [0, 0.05) is 5.75 Å². The van der Waals surface area contributed by atoms with Gasteiger partial charge >= 0.3 is 0 Å². The lowest BCUT2D eigenvalue weighted by molar-refractivity contribution is -0.00996. The van der Waals surface area contributed by atoms with Crippen LogP contribution in [0.1, 0.15) is 6.92 Å². The van der Waals surface area contributed by atoms with Crippen molar-refractivity contribution in [3.05, 3.63) is 30.3 Å². The molecule has 1 atom stereocenters. The second-order valence-electron chi connectivity index (χ2n) is 3.58. The van der Waals surface area contributed by atoms with Crippen LogP contribution < -0.4 is 5.43 Å². The molecule has 1 unspecified atom stereocenters. The first kappa shape index (κ1) is 10.7. The van der Waals surface area contributed by atoms with Crippen molar-refractivity contribution in [1.29, 1.82) is 0 Å². The molecule has 80 valence electrons. The molecule has 0 aromatic heterocycles. The Balaban J connectivity index is 2.15. The van der Waals surface area contributed by atoms with Gasteiger partial charge in [0.2, 0.25) is 0 Å². The number of nitrogens with zero attached hydrogens (tertiary/aromatic N) is 1. The maximum absolute atomic E-state index is 10.0. The highest BCUT2D eigenvalue weighted by Crippen LogP contribution is 2.31. The number of hydrogen-bond acceptors (Lipinski definition) is 4. The van der Waals surface area contributed by atoms with Gasteiger partial charge in [0.25, 0.3) is 0 Å². The van der Waals surface area contributed by atoms with Crippen LogP contribution in [0, 0.1) is 0 Å². The average Bonchev–Trinajstić information content (AvgIpc) is 2.47. The lowest BCUT2D eigenvalue weighted by Crippen LogP contribution is -2.47. The Morgan fingerprint density at radius 2 is 2.13 bits per heavy atom. The fourth-order valence-electron chi connectivity index (χ4n) is 1.33. The molecule has 1 saturated heterocycles. The topological polar surface area (TPSA) is 35.5 Å². The second-order valence-corrected chi connectivity index (χ2v) is 5.19. The number of nitrogens with one attached hydrogen (secondary N) is 1. The summed E-state index contributed by atoms with van der Waals surface area (Å²) in [4.78, 5) is 0. The number of thioether (sulfide) groups is 1. The van der Waals surface area contributed by atoms with Gasteiger partial charge in [0.05, 0.1) is 5.69 Å². The summed E-state index contributed by atoms with van der Waals surface area (Å²) in [7, 11) is 0. The molecule has 1 fully saturated rings. The summed E-state index contributed by atoms with van der Waals surface area (Å²) in [5, 5.41) is 11.7. The van der Waals surface area contributed by atoms with Crippen molar-refractivity contribution < 1.29 is 5.11 Å². The fourth-order valence-corrected chi connectivity index (χ4v) is 2.65. The molecule has 3 nitrogen and oxygen atoms in total. The third-order valence-electron chi connectivity index (χ3n) is 2.15. The van der Waals surface area contributed by atoms with Crippen molar-refractivity contribution in [2.24, 2.45) is 0 Å². The van der Waals surface area contributed by atoms with Crippen LogP contribution >= 0.6 is 24.0 Å². The normalized spacial score (nSPS) is 25.7. The number of thiocarbonyl (C=S) groups is 1. The molecule has 1 heterocycles. The zero-order chi connectivity index (χ0) is 10.9.